The SMILES string of the molecule is CC1(C)c2ccccc2-c2cc3c4cc(-c5ccc6c(c5)c5ccccc5n6-c5ccccc5)ccc4n(-c4ccc5c6ccccc6c6ccccc6c5c4)c3cc21. The number of hydrogen-bond donors (Lipinski definition) is 0. The standard InChI is InChI=1S/C57H38N2/c1-57(2)51-22-12-10-20-44(51)47-33-50-49-31-36(35-24-28-54-48(30-35)45-21-11-13-23-53(45)58(54)37-14-4-3-5-15-37)25-29-55(49)59(56(50)34-52(47)57)38-26-27-43-41-18-7-6-16-39(41)40-17-8-9-19-42(40)46(43)32-38/h3-34H,1-2H3. The molecule has 0 radical (unpaired) electrons. The molecule has 0 amide bonds. The smallest absolute Gasteiger partial charge is 0.0544 e. The van der Waals surface area contributed by atoms with Gasteiger partial charge in [-0.3, -0.25) is 0 Å². The molecule has 0 N–H and O–H groups in total. The first kappa shape index (κ1) is 32.6. The number of rotatable bonds is 3. The molecule has 10 aromatic carbocycles. The average molecular weight is 751 g/mol. The molecule has 2 heterocycles. The van der Waals surface area contributed by atoms with E-state index >= 15 is 0 Å². The van der Waals surface area contributed by atoms with Crippen LogP contribution in [0.3, 0.4) is 0 Å². The summed E-state index contributed by atoms with van der Waals surface area (Å²) in [4.78, 5) is 0. The van der Waals surface area contributed by atoms with Crippen molar-refractivity contribution in [2.75, 3.05) is 0 Å². The first-order chi connectivity index (χ1) is 29.0. The van der Waals surface area contributed by atoms with Crippen LogP contribution in [0.1, 0.15) is 25.0 Å². The third-order valence-electron chi connectivity index (χ3n) is 13.5. The van der Waals surface area contributed by atoms with Crippen molar-refractivity contribution in [3.8, 4) is 33.6 Å². The van der Waals surface area contributed by atoms with E-state index in [9.17, 15) is 0 Å². The summed E-state index contributed by atoms with van der Waals surface area (Å²) in [5, 5.41) is 12.8. The van der Waals surface area contributed by atoms with Crippen LogP contribution in [0.2, 0.25) is 0 Å². The van der Waals surface area contributed by atoms with E-state index in [-0.39, 0.29) is 5.41 Å². The first-order valence-corrected chi connectivity index (χ1v) is 20.7. The van der Waals surface area contributed by atoms with Crippen LogP contribution in [0, 0.1) is 0 Å². The Morgan fingerprint density at radius 2 is 0.797 bits per heavy atom. The van der Waals surface area contributed by atoms with Gasteiger partial charge < -0.3 is 9.13 Å². The fraction of sp³-hybridized carbons (Fsp3) is 0.0526. The number of benzene rings is 10. The van der Waals surface area contributed by atoms with Gasteiger partial charge in [-0.05, 0) is 132 Å². The van der Waals surface area contributed by atoms with E-state index in [1.807, 2.05) is 0 Å². The van der Waals surface area contributed by atoms with E-state index in [1.165, 1.54) is 121 Å². The molecule has 0 fully saturated rings. The Balaban J connectivity index is 1.08. The molecule has 2 aromatic heterocycles. The van der Waals surface area contributed by atoms with Crippen LogP contribution in [-0.2, 0) is 5.41 Å². The molecule has 0 bridgehead atoms. The number of fused-ring (bicyclic) bond motifs is 15. The zero-order valence-electron chi connectivity index (χ0n) is 32.9. The predicted molar refractivity (Wildman–Crippen MR) is 251 cm³/mol. The maximum Gasteiger partial charge on any atom is 0.0544 e. The van der Waals surface area contributed by atoms with Gasteiger partial charge in [0.2, 0.25) is 0 Å². The number of nitrogens with zero attached hydrogens (tertiary/aromatic N) is 2. The minimum atomic E-state index is -0.112. The van der Waals surface area contributed by atoms with Crippen molar-refractivity contribution in [2.45, 2.75) is 19.3 Å². The summed E-state index contributed by atoms with van der Waals surface area (Å²) < 4.78 is 4.91. The van der Waals surface area contributed by atoms with Crippen LogP contribution >= 0.6 is 0 Å². The highest BCUT2D eigenvalue weighted by molar-refractivity contribution is 6.26. The molecule has 276 valence electrons. The Kier molecular flexibility index (Phi) is 6.54. The van der Waals surface area contributed by atoms with Crippen LogP contribution in [0.25, 0.3) is 110 Å². The quantitative estimate of drug-likeness (QED) is 0.159. The lowest BCUT2D eigenvalue weighted by Gasteiger charge is -2.21. The third-order valence-corrected chi connectivity index (χ3v) is 13.5. The van der Waals surface area contributed by atoms with E-state index in [2.05, 4.69) is 217 Å². The number of aromatic nitrogens is 2. The van der Waals surface area contributed by atoms with Crippen molar-refractivity contribution in [2.24, 2.45) is 0 Å². The predicted octanol–water partition coefficient (Wildman–Crippen LogP) is 15.3. The van der Waals surface area contributed by atoms with Gasteiger partial charge in [-0.25, -0.2) is 0 Å². The molecule has 0 atom stereocenters. The van der Waals surface area contributed by atoms with Gasteiger partial charge in [0, 0.05) is 38.3 Å². The summed E-state index contributed by atoms with van der Waals surface area (Å²) in [6, 6.07) is 72.4. The summed E-state index contributed by atoms with van der Waals surface area (Å²) in [5.74, 6) is 0. The van der Waals surface area contributed by atoms with E-state index in [4.69, 9.17) is 0 Å². The lowest BCUT2D eigenvalue weighted by molar-refractivity contribution is 0.661. The second-order valence-corrected chi connectivity index (χ2v) is 16.9. The van der Waals surface area contributed by atoms with E-state index in [1.54, 1.807) is 0 Å². The fourth-order valence-electron chi connectivity index (χ4n) is 10.7. The van der Waals surface area contributed by atoms with Gasteiger partial charge in [0.15, 0.2) is 0 Å². The molecule has 1 aliphatic carbocycles. The van der Waals surface area contributed by atoms with Crippen molar-refractivity contribution >= 4 is 75.9 Å². The normalized spacial score (nSPS) is 13.4. The largest absolute Gasteiger partial charge is 0.309 e. The van der Waals surface area contributed by atoms with Crippen LogP contribution in [-0.4, -0.2) is 9.13 Å². The van der Waals surface area contributed by atoms with Gasteiger partial charge in [0.1, 0.15) is 0 Å². The van der Waals surface area contributed by atoms with Gasteiger partial charge in [0.05, 0.1) is 22.1 Å². The summed E-state index contributed by atoms with van der Waals surface area (Å²) >= 11 is 0. The topological polar surface area (TPSA) is 9.86 Å². The van der Waals surface area contributed by atoms with Crippen LogP contribution in [0.15, 0.2) is 194 Å². The number of para-hydroxylation sites is 2. The zero-order chi connectivity index (χ0) is 39.0. The minimum Gasteiger partial charge on any atom is -0.309 e. The van der Waals surface area contributed by atoms with Crippen molar-refractivity contribution in [3.63, 3.8) is 0 Å². The van der Waals surface area contributed by atoms with Gasteiger partial charge in [-0.15, -0.1) is 0 Å². The third kappa shape index (κ3) is 4.46. The molecular formula is C57H38N2. The highest BCUT2D eigenvalue weighted by atomic mass is 15.0. The summed E-state index contributed by atoms with van der Waals surface area (Å²) in [6.07, 6.45) is 0. The minimum absolute atomic E-state index is 0.112. The fourth-order valence-corrected chi connectivity index (χ4v) is 10.7. The highest BCUT2D eigenvalue weighted by Gasteiger charge is 2.36. The Morgan fingerprint density at radius 3 is 1.49 bits per heavy atom. The zero-order valence-corrected chi connectivity index (χ0v) is 32.9. The molecule has 2 heteroatoms. The van der Waals surface area contributed by atoms with Crippen LogP contribution in [0.5, 0.6) is 0 Å². The van der Waals surface area contributed by atoms with Crippen molar-refractivity contribution in [3.05, 3.63) is 205 Å². The highest BCUT2D eigenvalue weighted by Crippen LogP contribution is 2.51. The molecule has 1 aliphatic rings. The number of hydrogen-bond acceptors (Lipinski definition) is 0. The van der Waals surface area contributed by atoms with Gasteiger partial charge in [0.25, 0.3) is 0 Å². The Labute approximate surface area is 341 Å². The lowest BCUT2D eigenvalue weighted by Crippen LogP contribution is -2.14. The van der Waals surface area contributed by atoms with E-state index < -0.39 is 0 Å². The summed E-state index contributed by atoms with van der Waals surface area (Å²) in [6.45, 7) is 4.76. The molecule has 0 saturated heterocycles. The van der Waals surface area contributed by atoms with E-state index in [0.29, 0.717) is 0 Å². The average Bonchev–Trinajstić information content (AvgIpc) is 3.88. The van der Waals surface area contributed by atoms with Crippen LogP contribution in [0.4, 0.5) is 0 Å². The lowest BCUT2D eigenvalue weighted by atomic mass is 9.82. The molecule has 12 aromatic rings. The monoisotopic (exact) mass is 750 g/mol. The molecule has 0 spiro atoms. The van der Waals surface area contributed by atoms with Gasteiger partial charge in [-0.1, -0.05) is 141 Å². The molecule has 13 rings (SSSR count). The second-order valence-electron chi connectivity index (χ2n) is 16.9. The molecular weight excluding hydrogens is 713 g/mol. The molecule has 0 unspecified atom stereocenters. The molecule has 0 saturated carbocycles. The summed E-state index contributed by atoms with van der Waals surface area (Å²) in [7, 11) is 0. The van der Waals surface area contributed by atoms with Crippen molar-refractivity contribution in [1.82, 2.24) is 9.13 Å². The Bertz CT molecular complexity index is 3710. The van der Waals surface area contributed by atoms with Crippen molar-refractivity contribution in [1.29, 1.82) is 0 Å². The Morgan fingerprint density at radius 1 is 0.288 bits per heavy atom. The van der Waals surface area contributed by atoms with Crippen molar-refractivity contribution < 1.29 is 0 Å². The molecule has 0 aliphatic heterocycles. The van der Waals surface area contributed by atoms with Crippen LogP contribution < -0.4 is 0 Å². The summed E-state index contributed by atoms with van der Waals surface area (Å²) in [5.41, 5.74) is 15.0. The Hall–Kier alpha value is -7.42. The maximum absolute atomic E-state index is 2.52. The maximum atomic E-state index is 2.52. The first-order valence-electron chi connectivity index (χ1n) is 20.7. The van der Waals surface area contributed by atoms with Gasteiger partial charge in [-0.2, -0.15) is 0 Å². The van der Waals surface area contributed by atoms with Gasteiger partial charge >= 0.3 is 0 Å². The van der Waals surface area contributed by atoms with E-state index in [0.717, 1.165) is 0 Å². The second kappa shape index (κ2) is 11.8. The molecule has 59 heavy (non-hydrogen) atoms. The molecule has 2 nitrogen and oxygen atoms in total.